The van der Waals surface area contributed by atoms with Crippen LogP contribution in [0.4, 0.5) is 0 Å². The Morgan fingerprint density at radius 3 is 1.81 bits per heavy atom. The molecule has 230 valence electrons. The summed E-state index contributed by atoms with van der Waals surface area (Å²) >= 11 is 0. The maximum absolute atomic E-state index is 9.94. The number of unbranched alkanes of at least 4 members (excludes halogenated alkanes) is 10. The van der Waals surface area contributed by atoms with Gasteiger partial charge in [0.1, 0.15) is 0 Å². The smallest absolute Gasteiger partial charge is 0.159 e. The third-order valence-electron chi connectivity index (χ3n) is 10.8. The summed E-state index contributed by atoms with van der Waals surface area (Å²) in [4.78, 5) is 9.61. The van der Waals surface area contributed by atoms with Crippen molar-refractivity contribution in [3.8, 4) is 17.5 Å². The molecule has 2 saturated carbocycles. The highest BCUT2D eigenvalue weighted by Gasteiger charge is 2.35. The van der Waals surface area contributed by atoms with Crippen LogP contribution >= 0.6 is 0 Å². The monoisotopic (exact) mass is 569 g/mol. The molecule has 0 bridgehead atoms. The van der Waals surface area contributed by atoms with Crippen molar-refractivity contribution in [2.75, 3.05) is 0 Å². The molecule has 0 unspecified atom stereocenters. The van der Waals surface area contributed by atoms with Crippen LogP contribution in [0.5, 0.6) is 0 Å². The van der Waals surface area contributed by atoms with E-state index >= 15 is 0 Å². The summed E-state index contributed by atoms with van der Waals surface area (Å²) in [6, 6.07) is 11.7. The van der Waals surface area contributed by atoms with Gasteiger partial charge < -0.3 is 0 Å². The van der Waals surface area contributed by atoms with Crippen LogP contribution < -0.4 is 0 Å². The van der Waals surface area contributed by atoms with E-state index in [1.54, 1.807) is 0 Å². The Kier molecular flexibility index (Phi) is 13.9. The normalized spacial score (nSPS) is 24.4. The Labute approximate surface area is 258 Å². The lowest BCUT2D eigenvalue weighted by Gasteiger charge is -2.35. The predicted molar refractivity (Wildman–Crippen MR) is 177 cm³/mol. The number of benzene rings is 1. The van der Waals surface area contributed by atoms with Crippen molar-refractivity contribution in [2.24, 2.45) is 11.3 Å². The van der Waals surface area contributed by atoms with Crippen LogP contribution in [-0.4, -0.2) is 9.97 Å². The quantitative estimate of drug-likeness (QED) is 0.178. The van der Waals surface area contributed by atoms with Gasteiger partial charge in [-0.1, -0.05) is 122 Å². The molecule has 2 fully saturated rings. The first kappa shape index (κ1) is 32.7. The van der Waals surface area contributed by atoms with Crippen LogP contribution in [0.1, 0.15) is 178 Å². The molecule has 2 aromatic rings. The van der Waals surface area contributed by atoms with Crippen LogP contribution in [-0.2, 0) is 0 Å². The van der Waals surface area contributed by atoms with Gasteiger partial charge >= 0.3 is 0 Å². The van der Waals surface area contributed by atoms with Gasteiger partial charge in [0.15, 0.2) is 5.82 Å². The number of aromatic nitrogens is 2. The molecule has 0 spiro atoms. The van der Waals surface area contributed by atoms with Crippen molar-refractivity contribution in [3.05, 3.63) is 47.8 Å². The molecular formula is C39H59N3. The first-order chi connectivity index (χ1) is 20.7. The van der Waals surface area contributed by atoms with Gasteiger partial charge in [-0.05, 0) is 86.7 Å². The van der Waals surface area contributed by atoms with E-state index in [4.69, 9.17) is 9.97 Å². The fraction of sp³-hybridized carbons (Fsp3) is 0.718. The minimum absolute atomic E-state index is 0.0771. The second-order valence-corrected chi connectivity index (χ2v) is 13.9. The Hall–Kier alpha value is -2.21. The van der Waals surface area contributed by atoms with E-state index in [1.165, 1.54) is 120 Å². The van der Waals surface area contributed by atoms with Crippen LogP contribution in [0.25, 0.3) is 11.4 Å². The van der Waals surface area contributed by atoms with Crippen molar-refractivity contribution in [3.63, 3.8) is 0 Å². The standard InChI is InChI=1S/C39H59N3/c1-3-5-7-9-10-11-12-13-15-32-16-18-34(19-17-32)37-29-41-38(42-30-37)36-22-20-33(21-23-36)35-24-27-39(31-40,28-25-35)26-14-8-6-4-2/h20-23,29-30,32,34-35H,3-19,24-28H2,1-2H3. The fourth-order valence-electron chi connectivity index (χ4n) is 7.77. The maximum Gasteiger partial charge on any atom is 0.159 e. The fourth-order valence-corrected chi connectivity index (χ4v) is 7.77. The maximum atomic E-state index is 9.94. The molecular weight excluding hydrogens is 510 g/mol. The van der Waals surface area contributed by atoms with Gasteiger partial charge in [-0.3, -0.25) is 0 Å². The lowest BCUT2D eigenvalue weighted by molar-refractivity contribution is 0.223. The molecule has 0 amide bonds. The average Bonchev–Trinajstić information content (AvgIpc) is 3.05. The van der Waals surface area contributed by atoms with Crippen molar-refractivity contribution in [2.45, 2.75) is 167 Å². The second-order valence-electron chi connectivity index (χ2n) is 13.9. The number of nitrogens with zero attached hydrogens (tertiary/aromatic N) is 3. The molecule has 3 heteroatoms. The molecule has 1 heterocycles. The zero-order valence-electron chi connectivity index (χ0n) is 27.1. The Balaban J connectivity index is 1.18. The molecule has 3 nitrogen and oxygen atoms in total. The predicted octanol–water partition coefficient (Wildman–Crippen LogP) is 12.1. The van der Waals surface area contributed by atoms with E-state index in [2.05, 4.69) is 56.6 Å². The topological polar surface area (TPSA) is 49.6 Å². The average molecular weight is 570 g/mol. The van der Waals surface area contributed by atoms with Gasteiger partial charge in [0.2, 0.25) is 0 Å². The van der Waals surface area contributed by atoms with E-state index in [-0.39, 0.29) is 5.41 Å². The van der Waals surface area contributed by atoms with E-state index in [0.29, 0.717) is 11.8 Å². The van der Waals surface area contributed by atoms with Crippen LogP contribution in [0.2, 0.25) is 0 Å². The molecule has 4 rings (SSSR count). The highest BCUT2D eigenvalue weighted by molar-refractivity contribution is 5.55. The molecule has 1 aromatic carbocycles. The molecule has 1 aromatic heterocycles. The summed E-state index contributed by atoms with van der Waals surface area (Å²) in [5.74, 6) is 2.99. The minimum Gasteiger partial charge on any atom is -0.236 e. The van der Waals surface area contributed by atoms with Crippen molar-refractivity contribution in [1.82, 2.24) is 9.97 Å². The summed E-state index contributed by atoms with van der Waals surface area (Å²) in [6.45, 7) is 4.55. The lowest BCUT2D eigenvalue weighted by atomic mass is 9.67. The third-order valence-corrected chi connectivity index (χ3v) is 10.8. The van der Waals surface area contributed by atoms with Crippen LogP contribution in [0.3, 0.4) is 0 Å². The molecule has 0 radical (unpaired) electrons. The lowest BCUT2D eigenvalue weighted by Crippen LogP contribution is -2.25. The van der Waals surface area contributed by atoms with Gasteiger partial charge in [0, 0.05) is 18.0 Å². The summed E-state index contributed by atoms with van der Waals surface area (Å²) < 4.78 is 0. The molecule has 0 N–H and O–H groups in total. The zero-order valence-corrected chi connectivity index (χ0v) is 27.1. The molecule has 0 aliphatic heterocycles. The van der Waals surface area contributed by atoms with Crippen molar-refractivity contribution < 1.29 is 0 Å². The minimum atomic E-state index is -0.0771. The third kappa shape index (κ3) is 9.92. The van der Waals surface area contributed by atoms with E-state index < -0.39 is 0 Å². The highest BCUT2D eigenvalue weighted by atomic mass is 14.9. The first-order valence-electron chi connectivity index (χ1n) is 18.0. The van der Waals surface area contributed by atoms with Crippen molar-refractivity contribution >= 4 is 0 Å². The molecule has 0 saturated heterocycles. The Bertz CT molecular complexity index is 1030. The molecule has 42 heavy (non-hydrogen) atoms. The van der Waals surface area contributed by atoms with Crippen LogP contribution in [0.15, 0.2) is 36.7 Å². The van der Waals surface area contributed by atoms with Gasteiger partial charge in [-0.25, -0.2) is 9.97 Å². The van der Waals surface area contributed by atoms with Gasteiger partial charge in [0.05, 0.1) is 11.5 Å². The largest absolute Gasteiger partial charge is 0.236 e. The van der Waals surface area contributed by atoms with Gasteiger partial charge in [-0.2, -0.15) is 5.26 Å². The van der Waals surface area contributed by atoms with Gasteiger partial charge in [0.25, 0.3) is 0 Å². The Morgan fingerprint density at radius 1 is 0.667 bits per heavy atom. The number of hydrogen-bond acceptors (Lipinski definition) is 3. The number of nitriles is 1. The van der Waals surface area contributed by atoms with Crippen LogP contribution in [0, 0.1) is 22.7 Å². The molecule has 2 aliphatic rings. The SMILES string of the molecule is CCCCCCCCCCC1CCC(c2cnc(-c3ccc(C4CCC(C#N)(CCCCCC)CC4)cc3)nc2)CC1. The van der Waals surface area contributed by atoms with Gasteiger partial charge in [-0.15, -0.1) is 0 Å². The summed E-state index contributed by atoms with van der Waals surface area (Å²) in [5, 5.41) is 9.94. The first-order valence-corrected chi connectivity index (χ1v) is 18.0. The van der Waals surface area contributed by atoms with Crippen molar-refractivity contribution in [1.29, 1.82) is 5.26 Å². The van der Waals surface area contributed by atoms with E-state index in [9.17, 15) is 5.26 Å². The van der Waals surface area contributed by atoms with E-state index in [0.717, 1.165) is 49.4 Å². The summed E-state index contributed by atoms with van der Waals surface area (Å²) in [6.07, 6.45) is 32.8. The Morgan fingerprint density at radius 2 is 1.21 bits per heavy atom. The zero-order chi connectivity index (χ0) is 29.5. The summed E-state index contributed by atoms with van der Waals surface area (Å²) in [7, 11) is 0. The second kappa shape index (κ2) is 17.8. The highest BCUT2D eigenvalue weighted by Crippen LogP contribution is 2.46. The number of rotatable bonds is 17. The molecule has 2 aliphatic carbocycles. The number of hydrogen-bond donors (Lipinski definition) is 0. The van der Waals surface area contributed by atoms with E-state index in [1.807, 2.05) is 0 Å². The molecule has 0 atom stereocenters. The summed E-state index contributed by atoms with van der Waals surface area (Å²) in [5.41, 5.74) is 3.78.